The number of alkyl halides is 1. The summed E-state index contributed by atoms with van der Waals surface area (Å²) in [5.41, 5.74) is -0.0159. The first kappa shape index (κ1) is 13.4. The second-order valence-electron chi connectivity index (χ2n) is 2.30. The first-order chi connectivity index (χ1) is 6.97. The van der Waals surface area contributed by atoms with E-state index in [9.17, 15) is 14.9 Å². The Bertz CT molecular complexity index is 337. The smallest absolute Gasteiger partial charge is 0.314 e. The average molecular weight is 278 g/mol. The summed E-state index contributed by atoms with van der Waals surface area (Å²) in [6.07, 6.45) is 0. The number of nitro benzene ring substituents is 1. The summed E-state index contributed by atoms with van der Waals surface area (Å²) < 4.78 is 0. The molecule has 0 fully saturated rings. The number of carbonyl (C=O) groups is 1. The predicted octanol–water partition coefficient (Wildman–Crippen LogP) is 1.77. The fourth-order valence-corrected chi connectivity index (χ4v) is 0.574. The Balaban J connectivity index is 0.000000336. The van der Waals surface area contributed by atoms with Gasteiger partial charge in [-0.3, -0.25) is 14.9 Å². The fraction of sp³-hybridized carbons (Fsp3) is 0.125. The molecule has 0 amide bonds. The third-order valence-electron chi connectivity index (χ3n) is 1.17. The van der Waals surface area contributed by atoms with E-state index in [0.29, 0.717) is 0 Å². The molecule has 1 rings (SSSR count). The maximum absolute atomic E-state index is 10.0. The summed E-state index contributed by atoms with van der Waals surface area (Å²) in [5, 5.41) is 26.5. The number of aromatic hydroxyl groups is 1. The minimum absolute atomic E-state index is 0.0159. The van der Waals surface area contributed by atoms with Gasteiger partial charge < -0.3 is 10.2 Å². The topological polar surface area (TPSA) is 101 Å². The SMILES string of the molecule is O=C(O)CBr.O=[N+]([O-])c1ccc(O)cc1. The van der Waals surface area contributed by atoms with Crippen LogP contribution in [0.1, 0.15) is 0 Å². The van der Waals surface area contributed by atoms with Gasteiger partial charge in [-0.05, 0) is 12.1 Å². The van der Waals surface area contributed by atoms with Crippen LogP contribution in [0.3, 0.4) is 0 Å². The molecule has 0 aliphatic heterocycles. The van der Waals surface area contributed by atoms with Crippen molar-refractivity contribution < 1.29 is 19.9 Å². The number of hydrogen-bond donors (Lipinski definition) is 2. The van der Waals surface area contributed by atoms with Crippen LogP contribution in [0.5, 0.6) is 5.75 Å². The Kier molecular flexibility index (Phi) is 6.03. The van der Waals surface area contributed by atoms with E-state index in [2.05, 4.69) is 15.9 Å². The lowest BCUT2D eigenvalue weighted by molar-refractivity contribution is -0.384. The molecule has 1 aromatic carbocycles. The van der Waals surface area contributed by atoms with Crippen molar-refractivity contribution in [2.45, 2.75) is 0 Å². The first-order valence-corrected chi connectivity index (χ1v) is 4.80. The minimum Gasteiger partial charge on any atom is -0.508 e. The molecule has 15 heavy (non-hydrogen) atoms. The summed E-state index contributed by atoms with van der Waals surface area (Å²) in [7, 11) is 0. The van der Waals surface area contributed by atoms with Gasteiger partial charge in [-0.2, -0.15) is 0 Å². The number of rotatable bonds is 2. The Labute approximate surface area is 93.4 Å². The molecule has 0 aromatic heterocycles. The minimum atomic E-state index is -0.829. The van der Waals surface area contributed by atoms with Crippen LogP contribution in [0.2, 0.25) is 0 Å². The molecular weight excluding hydrogens is 270 g/mol. The fourth-order valence-electron chi connectivity index (χ4n) is 0.574. The van der Waals surface area contributed by atoms with Gasteiger partial charge in [0.25, 0.3) is 5.69 Å². The molecular formula is C8H8BrNO5. The molecule has 0 heterocycles. The zero-order valence-electron chi connectivity index (χ0n) is 7.46. The monoisotopic (exact) mass is 277 g/mol. The number of nitro groups is 1. The van der Waals surface area contributed by atoms with E-state index in [1.165, 1.54) is 24.3 Å². The highest BCUT2D eigenvalue weighted by atomic mass is 79.9. The summed E-state index contributed by atoms with van der Waals surface area (Å²) in [5.74, 6) is -0.796. The van der Waals surface area contributed by atoms with E-state index in [1.54, 1.807) is 0 Å². The number of non-ortho nitro benzene ring substituents is 1. The lowest BCUT2D eigenvalue weighted by Gasteiger charge is -1.89. The average Bonchev–Trinajstić information content (AvgIpc) is 2.19. The van der Waals surface area contributed by atoms with Gasteiger partial charge in [-0.15, -0.1) is 0 Å². The number of phenols is 1. The molecule has 0 atom stereocenters. The maximum Gasteiger partial charge on any atom is 0.314 e. The van der Waals surface area contributed by atoms with Crippen molar-refractivity contribution in [2.75, 3.05) is 5.33 Å². The third kappa shape index (κ3) is 6.44. The predicted molar refractivity (Wildman–Crippen MR) is 56.2 cm³/mol. The van der Waals surface area contributed by atoms with Gasteiger partial charge in [-0.1, -0.05) is 15.9 Å². The molecule has 2 N–H and O–H groups in total. The van der Waals surface area contributed by atoms with Crippen molar-refractivity contribution in [3.8, 4) is 5.75 Å². The van der Waals surface area contributed by atoms with Gasteiger partial charge >= 0.3 is 5.97 Å². The highest BCUT2D eigenvalue weighted by Gasteiger charge is 2.01. The number of hydrogen-bond acceptors (Lipinski definition) is 4. The normalized spacial score (nSPS) is 8.60. The molecule has 6 nitrogen and oxygen atoms in total. The Morgan fingerprint density at radius 3 is 2.07 bits per heavy atom. The molecule has 7 heteroatoms. The van der Waals surface area contributed by atoms with E-state index in [4.69, 9.17) is 10.2 Å². The third-order valence-corrected chi connectivity index (χ3v) is 1.65. The van der Waals surface area contributed by atoms with Gasteiger partial charge in [0.2, 0.25) is 0 Å². The van der Waals surface area contributed by atoms with Crippen LogP contribution in [0.4, 0.5) is 5.69 Å². The standard InChI is InChI=1S/C6H5NO3.C2H3BrO2/c8-6-3-1-5(2-4-6)7(9)10;3-1-2(4)5/h1-4,8H;1H2,(H,4,5). The Morgan fingerprint density at radius 1 is 1.40 bits per heavy atom. The van der Waals surface area contributed by atoms with Crippen LogP contribution in [-0.2, 0) is 4.79 Å². The second-order valence-corrected chi connectivity index (χ2v) is 2.86. The lowest BCUT2D eigenvalue weighted by atomic mass is 10.3. The highest BCUT2D eigenvalue weighted by molar-refractivity contribution is 9.09. The number of phenolic OH excluding ortho intramolecular Hbond substituents is 1. The largest absolute Gasteiger partial charge is 0.508 e. The zero-order valence-corrected chi connectivity index (χ0v) is 9.05. The Hall–Kier alpha value is -1.63. The van der Waals surface area contributed by atoms with E-state index in [-0.39, 0.29) is 16.8 Å². The quantitative estimate of drug-likeness (QED) is 0.487. The summed E-state index contributed by atoms with van der Waals surface area (Å²) in [4.78, 5) is 18.8. The van der Waals surface area contributed by atoms with Crippen LogP contribution < -0.4 is 0 Å². The molecule has 0 bridgehead atoms. The van der Waals surface area contributed by atoms with Crippen molar-refractivity contribution in [2.24, 2.45) is 0 Å². The molecule has 0 spiro atoms. The van der Waals surface area contributed by atoms with Crippen LogP contribution in [0, 0.1) is 10.1 Å². The van der Waals surface area contributed by atoms with Crippen LogP contribution in [-0.4, -0.2) is 26.4 Å². The number of halogens is 1. The van der Waals surface area contributed by atoms with E-state index < -0.39 is 10.9 Å². The van der Waals surface area contributed by atoms with Crippen molar-refractivity contribution in [3.05, 3.63) is 34.4 Å². The molecule has 0 saturated heterocycles. The number of benzene rings is 1. The van der Waals surface area contributed by atoms with E-state index in [0.717, 1.165) is 0 Å². The van der Waals surface area contributed by atoms with Crippen LogP contribution in [0.15, 0.2) is 24.3 Å². The Morgan fingerprint density at radius 2 is 1.80 bits per heavy atom. The highest BCUT2D eigenvalue weighted by Crippen LogP contribution is 2.14. The molecule has 0 aliphatic carbocycles. The molecule has 0 unspecified atom stereocenters. The molecule has 0 saturated carbocycles. The maximum atomic E-state index is 10.0. The van der Waals surface area contributed by atoms with E-state index in [1.807, 2.05) is 0 Å². The molecule has 82 valence electrons. The molecule has 1 aromatic rings. The number of carboxylic acids is 1. The van der Waals surface area contributed by atoms with Crippen molar-refractivity contribution in [1.29, 1.82) is 0 Å². The van der Waals surface area contributed by atoms with Gasteiger partial charge in [0.05, 0.1) is 4.92 Å². The molecule has 0 radical (unpaired) electrons. The summed E-state index contributed by atoms with van der Waals surface area (Å²) in [6, 6.07) is 5.04. The van der Waals surface area contributed by atoms with Crippen molar-refractivity contribution >= 4 is 27.6 Å². The number of nitrogens with zero attached hydrogens (tertiary/aromatic N) is 1. The van der Waals surface area contributed by atoms with Gasteiger partial charge in [0, 0.05) is 12.1 Å². The zero-order chi connectivity index (χ0) is 11.8. The first-order valence-electron chi connectivity index (χ1n) is 3.68. The van der Waals surface area contributed by atoms with Gasteiger partial charge in [0.15, 0.2) is 0 Å². The number of aliphatic carboxylic acids is 1. The van der Waals surface area contributed by atoms with Gasteiger partial charge in [0.1, 0.15) is 11.1 Å². The summed E-state index contributed by atoms with van der Waals surface area (Å²) >= 11 is 2.71. The van der Waals surface area contributed by atoms with E-state index >= 15 is 0 Å². The van der Waals surface area contributed by atoms with Crippen LogP contribution in [0.25, 0.3) is 0 Å². The van der Waals surface area contributed by atoms with Gasteiger partial charge in [-0.25, -0.2) is 0 Å². The van der Waals surface area contributed by atoms with Crippen LogP contribution >= 0.6 is 15.9 Å². The second kappa shape index (κ2) is 6.77. The summed E-state index contributed by atoms with van der Waals surface area (Å²) in [6.45, 7) is 0. The van der Waals surface area contributed by atoms with Crippen molar-refractivity contribution in [3.63, 3.8) is 0 Å². The number of carboxylic acid groups (broad SMARTS) is 1. The molecule has 0 aliphatic rings. The lowest BCUT2D eigenvalue weighted by Crippen LogP contribution is -1.92. The van der Waals surface area contributed by atoms with Crippen molar-refractivity contribution in [1.82, 2.24) is 0 Å².